The van der Waals surface area contributed by atoms with E-state index in [9.17, 15) is 9.59 Å². The number of hydrogen-bond acceptors (Lipinski definition) is 5. The first-order valence-corrected chi connectivity index (χ1v) is 10.1. The minimum atomic E-state index is -0.367. The maximum absolute atomic E-state index is 13.2. The van der Waals surface area contributed by atoms with Crippen molar-refractivity contribution in [2.24, 2.45) is 0 Å². The summed E-state index contributed by atoms with van der Waals surface area (Å²) in [6.07, 6.45) is 0.666. The second-order valence-electron chi connectivity index (χ2n) is 7.40. The fourth-order valence-electron chi connectivity index (χ4n) is 3.80. The van der Waals surface area contributed by atoms with Crippen molar-refractivity contribution in [1.29, 1.82) is 0 Å². The second kappa shape index (κ2) is 10.2. The van der Waals surface area contributed by atoms with Crippen molar-refractivity contribution in [3.63, 3.8) is 0 Å². The van der Waals surface area contributed by atoms with Gasteiger partial charge in [0.1, 0.15) is 6.61 Å². The standard InChI is InChI=1S/C23H29N3O5/c1-15-6-5-7-17(10-15)25-23(28)26-9-8-16-11-20(30-3)21(31-4)12-18(16)19(26)13-24-22(27)14-29-2/h5-7,10-12,19H,8-9,13-14H2,1-4H3,(H,24,27)(H,25,28)/t19-/m0/s1. The Kier molecular flexibility index (Phi) is 7.36. The molecule has 1 heterocycles. The molecule has 1 aliphatic heterocycles. The zero-order valence-corrected chi connectivity index (χ0v) is 18.4. The molecule has 0 saturated carbocycles. The molecule has 1 atom stereocenters. The van der Waals surface area contributed by atoms with Gasteiger partial charge in [0.25, 0.3) is 0 Å². The number of urea groups is 1. The lowest BCUT2D eigenvalue weighted by Crippen LogP contribution is -2.47. The van der Waals surface area contributed by atoms with Gasteiger partial charge in [0, 0.05) is 25.9 Å². The molecule has 31 heavy (non-hydrogen) atoms. The van der Waals surface area contributed by atoms with E-state index in [1.54, 1.807) is 19.1 Å². The highest BCUT2D eigenvalue weighted by molar-refractivity contribution is 5.90. The van der Waals surface area contributed by atoms with Crippen LogP contribution in [0.25, 0.3) is 0 Å². The van der Waals surface area contributed by atoms with Crippen molar-refractivity contribution in [3.05, 3.63) is 53.1 Å². The van der Waals surface area contributed by atoms with E-state index in [1.807, 2.05) is 43.3 Å². The molecule has 2 aromatic carbocycles. The largest absolute Gasteiger partial charge is 0.493 e. The van der Waals surface area contributed by atoms with Gasteiger partial charge in [-0.05, 0) is 54.3 Å². The molecule has 8 heteroatoms. The summed E-state index contributed by atoms with van der Waals surface area (Å²) in [4.78, 5) is 26.9. The molecule has 0 bridgehead atoms. The fraction of sp³-hybridized carbons (Fsp3) is 0.391. The van der Waals surface area contributed by atoms with Crippen LogP contribution in [-0.4, -0.2) is 57.9 Å². The van der Waals surface area contributed by atoms with E-state index in [1.165, 1.54) is 7.11 Å². The van der Waals surface area contributed by atoms with Crippen LogP contribution in [-0.2, 0) is 16.0 Å². The van der Waals surface area contributed by atoms with Crippen LogP contribution in [0, 0.1) is 6.92 Å². The Morgan fingerprint density at radius 1 is 1.10 bits per heavy atom. The van der Waals surface area contributed by atoms with Gasteiger partial charge in [0.05, 0.1) is 20.3 Å². The molecule has 0 spiro atoms. The van der Waals surface area contributed by atoms with E-state index in [0.29, 0.717) is 24.5 Å². The normalized spacial score (nSPS) is 15.1. The number of amides is 3. The lowest BCUT2D eigenvalue weighted by atomic mass is 9.91. The first-order chi connectivity index (χ1) is 15.0. The van der Waals surface area contributed by atoms with Crippen LogP contribution in [0.3, 0.4) is 0 Å². The van der Waals surface area contributed by atoms with Crippen LogP contribution in [0.4, 0.5) is 10.5 Å². The second-order valence-corrected chi connectivity index (χ2v) is 7.40. The number of fused-ring (bicyclic) bond motifs is 1. The predicted octanol–water partition coefficient (Wildman–Crippen LogP) is 2.91. The zero-order valence-electron chi connectivity index (χ0n) is 18.4. The summed E-state index contributed by atoms with van der Waals surface area (Å²) in [6, 6.07) is 10.9. The molecule has 2 N–H and O–H groups in total. The number of aryl methyl sites for hydroxylation is 1. The van der Waals surface area contributed by atoms with Crippen LogP contribution in [0.1, 0.15) is 22.7 Å². The quantitative estimate of drug-likeness (QED) is 0.709. The van der Waals surface area contributed by atoms with Gasteiger partial charge in [-0.2, -0.15) is 0 Å². The molecule has 0 radical (unpaired) electrons. The van der Waals surface area contributed by atoms with E-state index >= 15 is 0 Å². The Hall–Kier alpha value is -3.26. The van der Waals surface area contributed by atoms with E-state index in [2.05, 4.69) is 10.6 Å². The third kappa shape index (κ3) is 5.27. The molecule has 0 unspecified atom stereocenters. The number of benzene rings is 2. The maximum Gasteiger partial charge on any atom is 0.322 e. The van der Waals surface area contributed by atoms with E-state index in [-0.39, 0.29) is 31.1 Å². The van der Waals surface area contributed by atoms with Gasteiger partial charge < -0.3 is 29.7 Å². The highest BCUT2D eigenvalue weighted by atomic mass is 16.5. The summed E-state index contributed by atoms with van der Waals surface area (Å²) in [5, 5.41) is 5.83. The van der Waals surface area contributed by atoms with Gasteiger partial charge in [-0.25, -0.2) is 4.79 Å². The number of carbonyl (C=O) groups is 2. The highest BCUT2D eigenvalue weighted by Crippen LogP contribution is 2.38. The van der Waals surface area contributed by atoms with Crippen LogP contribution in [0.2, 0.25) is 0 Å². The fourth-order valence-corrected chi connectivity index (χ4v) is 3.80. The van der Waals surface area contributed by atoms with Gasteiger partial charge in [0.2, 0.25) is 5.91 Å². The van der Waals surface area contributed by atoms with Crippen LogP contribution < -0.4 is 20.1 Å². The van der Waals surface area contributed by atoms with Crippen molar-refractivity contribution < 1.29 is 23.8 Å². The Labute approximate surface area is 182 Å². The molecule has 3 amide bonds. The number of anilines is 1. The third-order valence-electron chi connectivity index (χ3n) is 5.30. The molecule has 1 aliphatic rings. The Morgan fingerprint density at radius 3 is 2.52 bits per heavy atom. The number of ether oxygens (including phenoxy) is 3. The Morgan fingerprint density at radius 2 is 1.84 bits per heavy atom. The molecule has 166 valence electrons. The van der Waals surface area contributed by atoms with Crippen LogP contribution in [0.15, 0.2) is 36.4 Å². The molecular weight excluding hydrogens is 398 g/mol. The highest BCUT2D eigenvalue weighted by Gasteiger charge is 2.32. The summed E-state index contributed by atoms with van der Waals surface area (Å²) in [6.45, 7) is 2.69. The molecule has 0 fully saturated rings. The summed E-state index contributed by atoms with van der Waals surface area (Å²) < 4.78 is 15.8. The van der Waals surface area contributed by atoms with Gasteiger partial charge in [-0.15, -0.1) is 0 Å². The molecular formula is C23H29N3O5. The minimum Gasteiger partial charge on any atom is -0.493 e. The van der Waals surface area contributed by atoms with Gasteiger partial charge in [0.15, 0.2) is 11.5 Å². The summed E-state index contributed by atoms with van der Waals surface area (Å²) in [7, 11) is 4.63. The van der Waals surface area contributed by atoms with Crippen molar-refractivity contribution in [2.75, 3.05) is 46.3 Å². The van der Waals surface area contributed by atoms with Crippen LogP contribution >= 0.6 is 0 Å². The number of nitrogens with one attached hydrogen (secondary N) is 2. The SMILES string of the molecule is COCC(=O)NC[C@H]1c2cc(OC)c(OC)cc2CCN1C(=O)Nc1cccc(C)c1. The number of carbonyl (C=O) groups excluding carboxylic acids is 2. The molecule has 0 aliphatic carbocycles. The van der Waals surface area contributed by atoms with E-state index in [0.717, 1.165) is 22.4 Å². The molecule has 2 aromatic rings. The molecule has 8 nitrogen and oxygen atoms in total. The Bertz CT molecular complexity index is 947. The average Bonchev–Trinajstić information content (AvgIpc) is 2.76. The number of nitrogens with zero attached hydrogens (tertiary/aromatic N) is 1. The van der Waals surface area contributed by atoms with Crippen LogP contribution in [0.5, 0.6) is 11.5 Å². The average molecular weight is 428 g/mol. The monoisotopic (exact) mass is 427 g/mol. The van der Waals surface area contributed by atoms with Gasteiger partial charge in [-0.3, -0.25) is 4.79 Å². The molecule has 3 rings (SSSR count). The maximum atomic E-state index is 13.2. The number of hydrogen-bond donors (Lipinski definition) is 2. The Balaban J connectivity index is 1.90. The van der Waals surface area contributed by atoms with E-state index in [4.69, 9.17) is 14.2 Å². The minimum absolute atomic E-state index is 0.0407. The molecule has 0 aromatic heterocycles. The van der Waals surface area contributed by atoms with Crippen molar-refractivity contribution >= 4 is 17.6 Å². The summed E-state index contributed by atoms with van der Waals surface area (Å²) in [5.41, 5.74) is 3.76. The first-order valence-electron chi connectivity index (χ1n) is 10.1. The zero-order chi connectivity index (χ0) is 22.4. The van der Waals surface area contributed by atoms with Gasteiger partial charge >= 0.3 is 6.03 Å². The first kappa shape index (κ1) is 22.4. The number of rotatable bonds is 7. The van der Waals surface area contributed by atoms with Crippen molar-refractivity contribution in [3.8, 4) is 11.5 Å². The number of methoxy groups -OCH3 is 3. The molecule has 0 saturated heterocycles. The van der Waals surface area contributed by atoms with E-state index < -0.39 is 0 Å². The van der Waals surface area contributed by atoms with Crippen molar-refractivity contribution in [1.82, 2.24) is 10.2 Å². The topological polar surface area (TPSA) is 89.1 Å². The summed E-state index contributed by atoms with van der Waals surface area (Å²) >= 11 is 0. The van der Waals surface area contributed by atoms with Gasteiger partial charge in [-0.1, -0.05) is 12.1 Å². The third-order valence-corrected chi connectivity index (χ3v) is 5.30. The lowest BCUT2D eigenvalue weighted by Gasteiger charge is -2.38. The lowest BCUT2D eigenvalue weighted by molar-refractivity contribution is -0.124. The predicted molar refractivity (Wildman–Crippen MR) is 118 cm³/mol. The van der Waals surface area contributed by atoms with Crippen molar-refractivity contribution in [2.45, 2.75) is 19.4 Å². The smallest absolute Gasteiger partial charge is 0.322 e. The summed E-state index contributed by atoms with van der Waals surface area (Å²) in [5.74, 6) is 0.977.